The van der Waals surface area contributed by atoms with Gasteiger partial charge in [0.1, 0.15) is 11.3 Å². The molecule has 1 fully saturated rings. The Bertz CT molecular complexity index is 1350. The van der Waals surface area contributed by atoms with Crippen LogP contribution in [-0.4, -0.2) is 42.7 Å². The van der Waals surface area contributed by atoms with Gasteiger partial charge >= 0.3 is 0 Å². The van der Waals surface area contributed by atoms with Crippen LogP contribution in [0.15, 0.2) is 47.2 Å². The van der Waals surface area contributed by atoms with E-state index in [0.717, 1.165) is 29.5 Å². The SMILES string of the molecule is Cc1ccc(-c2noc(C3CC3)n2)cc1NC(=O)c1cnc2cc(COCC(C)(C)O)ccn12. The first-order valence-electron chi connectivity index (χ1n) is 11.3. The Morgan fingerprint density at radius 2 is 2.12 bits per heavy atom. The van der Waals surface area contributed by atoms with Crippen molar-refractivity contribution in [1.82, 2.24) is 19.5 Å². The van der Waals surface area contributed by atoms with Crippen molar-refractivity contribution in [2.75, 3.05) is 11.9 Å². The number of ether oxygens (including phenoxy) is 1. The second-order valence-electron chi connectivity index (χ2n) is 9.43. The van der Waals surface area contributed by atoms with E-state index < -0.39 is 5.60 Å². The second kappa shape index (κ2) is 8.66. The molecule has 5 rings (SSSR count). The van der Waals surface area contributed by atoms with E-state index in [1.165, 1.54) is 0 Å². The zero-order valence-electron chi connectivity index (χ0n) is 19.4. The molecule has 0 saturated heterocycles. The van der Waals surface area contributed by atoms with Gasteiger partial charge < -0.3 is 19.7 Å². The number of aromatic nitrogens is 4. The summed E-state index contributed by atoms with van der Waals surface area (Å²) >= 11 is 0. The topological polar surface area (TPSA) is 115 Å². The Kier molecular flexibility index (Phi) is 5.66. The normalized spacial score (nSPS) is 14.0. The number of nitrogens with zero attached hydrogens (tertiary/aromatic N) is 4. The summed E-state index contributed by atoms with van der Waals surface area (Å²) in [6, 6.07) is 9.43. The van der Waals surface area contributed by atoms with Gasteiger partial charge in [-0.05, 0) is 62.9 Å². The fourth-order valence-electron chi connectivity index (χ4n) is 3.63. The van der Waals surface area contributed by atoms with Crippen LogP contribution in [0.1, 0.15) is 60.1 Å². The lowest BCUT2D eigenvalue weighted by molar-refractivity contribution is -0.0268. The van der Waals surface area contributed by atoms with Crippen LogP contribution in [0.2, 0.25) is 0 Å². The van der Waals surface area contributed by atoms with Gasteiger partial charge in [-0.15, -0.1) is 0 Å². The number of fused-ring (bicyclic) bond motifs is 1. The highest BCUT2D eigenvalue weighted by Gasteiger charge is 2.29. The molecule has 1 amide bonds. The third-order valence-electron chi connectivity index (χ3n) is 5.65. The van der Waals surface area contributed by atoms with Gasteiger partial charge in [0.2, 0.25) is 11.7 Å². The van der Waals surface area contributed by atoms with Crippen LogP contribution in [0.25, 0.3) is 17.0 Å². The first-order valence-corrected chi connectivity index (χ1v) is 11.3. The number of rotatable bonds is 8. The molecule has 1 aliphatic carbocycles. The number of amides is 1. The quantitative estimate of drug-likeness (QED) is 0.406. The third kappa shape index (κ3) is 4.85. The summed E-state index contributed by atoms with van der Waals surface area (Å²) in [5.41, 5.74) is 3.45. The number of nitrogens with one attached hydrogen (secondary N) is 1. The number of imidazole rings is 1. The van der Waals surface area contributed by atoms with Gasteiger partial charge in [0.25, 0.3) is 5.91 Å². The number of hydrogen-bond acceptors (Lipinski definition) is 7. The van der Waals surface area contributed by atoms with Crippen molar-refractivity contribution in [3.8, 4) is 11.4 Å². The number of pyridine rings is 1. The summed E-state index contributed by atoms with van der Waals surface area (Å²) in [5, 5.41) is 16.9. The standard InChI is InChI=1S/C25H27N5O4/c1-15-4-5-18(22-28-24(34-29-22)17-6-7-17)11-19(15)27-23(31)20-12-26-21-10-16(8-9-30(20)21)13-33-14-25(2,3)32/h4-5,8-12,17,32H,6-7,13-14H2,1-3H3,(H,27,31). The average molecular weight is 462 g/mol. The van der Waals surface area contributed by atoms with E-state index >= 15 is 0 Å². The highest BCUT2D eigenvalue weighted by Crippen LogP contribution is 2.39. The number of aryl methyl sites for hydroxylation is 1. The highest BCUT2D eigenvalue weighted by atomic mass is 16.5. The molecule has 0 spiro atoms. The number of anilines is 1. The number of carbonyl (C=O) groups is 1. The molecule has 0 unspecified atom stereocenters. The minimum Gasteiger partial charge on any atom is -0.388 e. The van der Waals surface area contributed by atoms with Crippen molar-refractivity contribution < 1.29 is 19.2 Å². The van der Waals surface area contributed by atoms with E-state index in [1.807, 2.05) is 37.3 Å². The molecule has 0 bridgehead atoms. The lowest BCUT2D eigenvalue weighted by Gasteiger charge is -2.16. The maximum absolute atomic E-state index is 13.1. The highest BCUT2D eigenvalue weighted by molar-refractivity contribution is 6.04. The number of benzene rings is 1. The molecule has 1 aliphatic rings. The second-order valence-corrected chi connectivity index (χ2v) is 9.43. The van der Waals surface area contributed by atoms with E-state index in [4.69, 9.17) is 9.26 Å². The minimum absolute atomic E-state index is 0.227. The maximum atomic E-state index is 13.1. The zero-order chi connectivity index (χ0) is 23.9. The van der Waals surface area contributed by atoms with Gasteiger partial charge in [0, 0.05) is 23.4 Å². The van der Waals surface area contributed by atoms with Crippen LogP contribution >= 0.6 is 0 Å². The molecule has 0 atom stereocenters. The Morgan fingerprint density at radius 1 is 1.29 bits per heavy atom. The van der Waals surface area contributed by atoms with Gasteiger partial charge in [0.15, 0.2) is 0 Å². The van der Waals surface area contributed by atoms with Crippen molar-refractivity contribution in [3.05, 3.63) is 65.4 Å². The molecular formula is C25H27N5O4. The van der Waals surface area contributed by atoms with Crippen molar-refractivity contribution in [2.45, 2.75) is 51.7 Å². The predicted octanol–water partition coefficient (Wildman–Crippen LogP) is 4.11. The van der Waals surface area contributed by atoms with Crippen molar-refractivity contribution in [3.63, 3.8) is 0 Å². The first kappa shape index (κ1) is 22.2. The van der Waals surface area contributed by atoms with Crippen LogP contribution in [0.5, 0.6) is 0 Å². The molecule has 9 nitrogen and oxygen atoms in total. The largest absolute Gasteiger partial charge is 0.388 e. The molecule has 0 radical (unpaired) electrons. The average Bonchev–Trinajstić information content (AvgIpc) is 3.36. The summed E-state index contributed by atoms with van der Waals surface area (Å²) in [4.78, 5) is 22.0. The van der Waals surface area contributed by atoms with Gasteiger partial charge in [-0.3, -0.25) is 9.20 Å². The van der Waals surface area contributed by atoms with E-state index in [-0.39, 0.29) is 12.5 Å². The zero-order valence-corrected chi connectivity index (χ0v) is 19.4. The predicted molar refractivity (Wildman–Crippen MR) is 126 cm³/mol. The number of aliphatic hydroxyl groups is 1. The van der Waals surface area contributed by atoms with E-state index in [9.17, 15) is 9.90 Å². The maximum Gasteiger partial charge on any atom is 0.274 e. The van der Waals surface area contributed by atoms with Gasteiger partial charge in [-0.2, -0.15) is 4.98 Å². The Morgan fingerprint density at radius 3 is 2.88 bits per heavy atom. The van der Waals surface area contributed by atoms with Crippen LogP contribution in [0.3, 0.4) is 0 Å². The van der Waals surface area contributed by atoms with E-state index in [0.29, 0.717) is 41.3 Å². The molecule has 4 aromatic rings. The Labute approximate surface area is 196 Å². The smallest absolute Gasteiger partial charge is 0.274 e. The van der Waals surface area contributed by atoms with Crippen LogP contribution in [0.4, 0.5) is 5.69 Å². The number of hydrogen-bond donors (Lipinski definition) is 2. The summed E-state index contributed by atoms with van der Waals surface area (Å²) in [7, 11) is 0. The monoisotopic (exact) mass is 461 g/mol. The molecule has 2 N–H and O–H groups in total. The van der Waals surface area contributed by atoms with Crippen molar-refractivity contribution in [1.29, 1.82) is 0 Å². The summed E-state index contributed by atoms with van der Waals surface area (Å²) in [6.07, 6.45) is 5.52. The summed E-state index contributed by atoms with van der Waals surface area (Å²) in [6.45, 7) is 5.89. The van der Waals surface area contributed by atoms with Gasteiger partial charge in [-0.25, -0.2) is 4.98 Å². The van der Waals surface area contributed by atoms with Gasteiger partial charge in [-0.1, -0.05) is 17.3 Å². The van der Waals surface area contributed by atoms with Crippen LogP contribution in [-0.2, 0) is 11.3 Å². The molecule has 34 heavy (non-hydrogen) atoms. The van der Waals surface area contributed by atoms with Gasteiger partial charge in [0.05, 0.1) is 25.0 Å². The lowest BCUT2D eigenvalue weighted by Crippen LogP contribution is -2.25. The molecule has 3 aromatic heterocycles. The van der Waals surface area contributed by atoms with Crippen molar-refractivity contribution in [2.24, 2.45) is 0 Å². The molecule has 176 valence electrons. The fourth-order valence-corrected chi connectivity index (χ4v) is 3.63. The molecule has 1 saturated carbocycles. The molecule has 1 aromatic carbocycles. The third-order valence-corrected chi connectivity index (χ3v) is 5.65. The molecule has 9 heteroatoms. The number of carbonyl (C=O) groups excluding carboxylic acids is 1. The van der Waals surface area contributed by atoms with E-state index in [2.05, 4.69) is 20.4 Å². The first-order chi connectivity index (χ1) is 16.3. The lowest BCUT2D eigenvalue weighted by atomic mass is 10.1. The molecular weight excluding hydrogens is 434 g/mol. The van der Waals surface area contributed by atoms with Crippen LogP contribution < -0.4 is 5.32 Å². The molecule has 3 heterocycles. The molecule has 0 aliphatic heterocycles. The van der Waals surface area contributed by atoms with Crippen molar-refractivity contribution >= 4 is 17.2 Å². The fraction of sp³-hybridized carbons (Fsp3) is 0.360. The Balaban J connectivity index is 1.32. The summed E-state index contributed by atoms with van der Waals surface area (Å²) < 4.78 is 12.7. The Hall–Kier alpha value is -3.56. The minimum atomic E-state index is -0.888. The van der Waals surface area contributed by atoms with E-state index in [1.54, 1.807) is 30.6 Å². The van der Waals surface area contributed by atoms with Crippen LogP contribution in [0, 0.1) is 6.92 Å². The summed E-state index contributed by atoms with van der Waals surface area (Å²) in [5.74, 6) is 1.31.